The summed E-state index contributed by atoms with van der Waals surface area (Å²) >= 11 is 1.45. The fourth-order valence-electron chi connectivity index (χ4n) is 5.24. The third-order valence-electron chi connectivity index (χ3n) is 7.42. The molecule has 2 aromatic heterocycles. The Morgan fingerprint density at radius 2 is 1.78 bits per heavy atom. The highest BCUT2D eigenvalue weighted by molar-refractivity contribution is 7.09. The average molecular weight is 574 g/mol. The van der Waals surface area contributed by atoms with Gasteiger partial charge < -0.3 is 14.8 Å². The molecule has 4 aromatic rings. The Balaban J connectivity index is 1.15. The van der Waals surface area contributed by atoms with Gasteiger partial charge in [0, 0.05) is 49.5 Å². The van der Waals surface area contributed by atoms with Gasteiger partial charge in [0.2, 0.25) is 0 Å². The Morgan fingerprint density at radius 1 is 1.02 bits per heavy atom. The summed E-state index contributed by atoms with van der Waals surface area (Å²) in [5.74, 6) is -0.969. The maximum Gasteiger partial charge on any atom is 0.270 e. The number of benzene rings is 2. The number of nitrogens with zero attached hydrogens (tertiary/aromatic N) is 4. The maximum atomic E-state index is 14.3. The predicted molar refractivity (Wildman–Crippen MR) is 159 cm³/mol. The molecular formula is C32H36FN5O2S. The van der Waals surface area contributed by atoms with Crippen LogP contribution in [0.1, 0.15) is 63.3 Å². The zero-order chi connectivity index (χ0) is 28.6. The molecule has 2 aromatic carbocycles. The number of aromatic nitrogens is 2. The van der Waals surface area contributed by atoms with E-state index in [1.165, 1.54) is 29.0 Å². The van der Waals surface area contributed by atoms with Crippen LogP contribution in [0.15, 0.2) is 78.3 Å². The molecule has 1 N–H and O–H groups in total. The minimum absolute atomic E-state index is 0.0801. The summed E-state index contributed by atoms with van der Waals surface area (Å²) in [5.41, 5.74) is 2.75. The number of amides is 2. The van der Waals surface area contributed by atoms with Crippen LogP contribution in [0.4, 0.5) is 4.39 Å². The van der Waals surface area contributed by atoms with E-state index in [1.807, 2.05) is 41.3 Å². The van der Waals surface area contributed by atoms with Gasteiger partial charge in [-0.15, -0.1) is 11.3 Å². The molecule has 0 aliphatic carbocycles. The molecular weight excluding hydrogens is 537 g/mol. The fourth-order valence-corrected chi connectivity index (χ4v) is 6.01. The minimum atomic E-state index is -0.514. The van der Waals surface area contributed by atoms with Crippen molar-refractivity contribution in [3.8, 4) is 0 Å². The summed E-state index contributed by atoms with van der Waals surface area (Å²) in [6.07, 6.45) is 4.54. The highest BCUT2D eigenvalue weighted by atomic mass is 32.1. The number of piperidine rings is 1. The second-order valence-corrected chi connectivity index (χ2v) is 11.4. The summed E-state index contributed by atoms with van der Waals surface area (Å²) in [6, 6.07) is 20.6. The molecule has 0 atom stereocenters. The van der Waals surface area contributed by atoms with Gasteiger partial charge in [0.1, 0.15) is 16.5 Å². The van der Waals surface area contributed by atoms with Crippen LogP contribution >= 0.6 is 11.3 Å². The zero-order valence-corrected chi connectivity index (χ0v) is 24.2. The van der Waals surface area contributed by atoms with Crippen LogP contribution in [0.5, 0.6) is 0 Å². The number of carbonyl (C=O) groups is 2. The van der Waals surface area contributed by atoms with Gasteiger partial charge in [-0.05, 0) is 49.1 Å². The molecule has 7 nitrogen and oxygen atoms in total. The van der Waals surface area contributed by atoms with Gasteiger partial charge in [-0.1, -0.05) is 49.4 Å². The van der Waals surface area contributed by atoms with Crippen molar-refractivity contribution in [3.05, 3.63) is 112 Å². The third-order valence-corrected chi connectivity index (χ3v) is 8.26. The van der Waals surface area contributed by atoms with E-state index in [0.717, 1.165) is 49.6 Å². The second-order valence-electron chi connectivity index (χ2n) is 10.5. The van der Waals surface area contributed by atoms with Crippen LogP contribution in [-0.2, 0) is 19.6 Å². The minimum Gasteiger partial charge on any atom is -0.348 e. The number of nitrogens with one attached hydrogen (secondary N) is 1. The highest BCUT2D eigenvalue weighted by Crippen LogP contribution is 2.19. The van der Waals surface area contributed by atoms with E-state index in [9.17, 15) is 14.0 Å². The van der Waals surface area contributed by atoms with Crippen molar-refractivity contribution in [3.63, 3.8) is 0 Å². The van der Waals surface area contributed by atoms with E-state index < -0.39 is 5.82 Å². The van der Waals surface area contributed by atoms with Crippen LogP contribution in [0.3, 0.4) is 0 Å². The Morgan fingerprint density at radius 3 is 2.54 bits per heavy atom. The van der Waals surface area contributed by atoms with Gasteiger partial charge in [-0.25, -0.2) is 9.37 Å². The zero-order valence-electron chi connectivity index (χ0n) is 23.3. The first-order chi connectivity index (χ1) is 20.0. The molecule has 1 aliphatic heterocycles. The van der Waals surface area contributed by atoms with Crippen LogP contribution in [0.25, 0.3) is 0 Å². The van der Waals surface area contributed by atoms with Crippen LogP contribution in [0.2, 0.25) is 0 Å². The van der Waals surface area contributed by atoms with Crippen molar-refractivity contribution in [2.75, 3.05) is 19.6 Å². The number of rotatable bonds is 11. The van der Waals surface area contributed by atoms with E-state index in [1.54, 1.807) is 17.0 Å². The maximum absolute atomic E-state index is 14.3. The second kappa shape index (κ2) is 13.7. The van der Waals surface area contributed by atoms with E-state index in [-0.39, 0.29) is 23.4 Å². The predicted octanol–water partition coefficient (Wildman–Crippen LogP) is 5.58. The van der Waals surface area contributed by atoms with Crippen molar-refractivity contribution in [2.24, 2.45) is 0 Å². The molecule has 41 heavy (non-hydrogen) atoms. The largest absolute Gasteiger partial charge is 0.348 e. The molecule has 5 rings (SSSR count). The summed E-state index contributed by atoms with van der Waals surface area (Å²) in [7, 11) is 0. The molecule has 0 saturated carbocycles. The van der Waals surface area contributed by atoms with Crippen LogP contribution < -0.4 is 5.32 Å². The Labute approximate surface area is 244 Å². The number of carbonyl (C=O) groups excluding carboxylic acids is 2. The van der Waals surface area contributed by atoms with Gasteiger partial charge in [-0.3, -0.25) is 14.5 Å². The lowest BCUT2D eigenvalue weighted by atomic mass is 10.0. The van der Waals surface area contributed by atoms with E-state index >= 15 is 0 Å². The Hall–Kier alpha value is -3.82. The highest BCUT2D eigenvalue weighted by Gasteiger charge is 2.23. The first-order valence-corrected chi connectivity index (χ1v) is 15.1. The molecule has 3 heterocycles. The molecule has 1 aliphatic rings. The first-order valence-electron chi connectivity index (χ1n) is 14.2. The van der Waals surface area contributed by atoms with E-state index in [4.69, 9.17) is 0 Å². The SMILES string of the molecule is CCCN(Cc1cccn1Cc1nc(C(=O)NC2CCN(Cc3ccccc3)CC2)cs1)C(=O)c1ccccc1F. The Bertz CT molecular complexity index is 1450. The molecule has 0 radical (unpaired) electrons. The lowest BCUT2D eigenvalue weighted by Gasteiger charge is -2.32. The van der Waals surface area contributed by atoms with Crippen LogP contribution in [0, 0.1) is 5.82 Å². The van der Waals surface area contributed by atoms with Crippen molar-refractivity contribution in [2.45, 2.75) is 51.9 Å². The molecule has 214 valence electrons. The first kappa shape index (κ1) is 28.7. The summed E-state index contributed by atoms with van der Waals surface area (Å²) in [4.78, 5) is 34.8. The smallest absolute Gasteiger partial charge is 0.270 e. The molecule has 1 fully saturated rings. The normalized spacial score (nSPS) is 14.2. The number of hydrogen-bond acceptors (Lipinski definition) is 5. The lowest BCUT2D eigenvalue weighted by Crippen LogP contribution is -2.44. The molecule has 1 saturated heterocycles. The summed E-state index contributed by atoms with van der Waals surface area (Å²) < 4.78 is 16.3. The van der Waals surface area contributed by atoms with Crippen molar-refractivity contribution in [1.29, 1.82) is 0 Å². The van der Waals surface area contributed by atoms with Crippen LogP contribution in [-0.4, -0.2) is 56.8 Å². The number of halogens is 1. The third kappa shape index (κ3) is 7.48. The van der Waals surface area contributed by atoms with Gasteiger partial charge in [0.25, 0.3) is 11.8 Å². The standard InChI is InChI=1S/C32H36FN5O2S/c1-2-16-38(32(40)27-12-6-7-13-28(27)33)21-26-11-8-17-37(26)22-30-35-29(23-41-30)31(39)34-25-14-18-36(19-15-25)20-24-9-4-3-5-10-24/h3-13,17,23,25H,2,14-16,18-22H2,1H3,(H,34,39). The van der Waals surface area contributed by atoms with Gasteiger partial charge in [0.05, 0.1) is 18.7 Å². The fraction of sp³-hybridized carbons (Fsp3) is 0.344. The molecule has 2 amide bonds. The van der Waals surface area contributed by atoms with Crippen molar-refractivity contribution >= 4 is 23.2 Å². The molecule has 0 spiro atoms. The van der Waals surface area contributed by atoms with Crippen molar-refractivity contribution < 1.29 is 14.0 Å². The van der Waals surface area contributed by atoms with E-state index in [0.29, 0.717) is 25.3 Å². The van der Waals surface area contributed by atoms with Gasteiger partial charge >= 0.3 is 0 Å². The lowest BCUT2D eigenvalue weighted by molar-refractivity contribution is 0.0734. The summed E-state index contributed by atoms with van der Waals surface area (Å²) in [5, 5.41) is 5.79. The molecule has 9 heteroatoms. The number of likely N-dealkylation sites (tertiary alicyclic amines) is 1. The molecule has 0 bridgehead atoms. The van der Waals surface area contributed by atoms with Gasteiger partial charge in [-0.2, -0.15) is 0 Å². The number of thiazole rings is 1. The average Bonchev–Trinajstić information content (AvgIpc) is 3.64. The van der Waals surface area contributed by atoms with E-state index in [2.05, 4.69) is 39.5 Å². The number of hydrogen-bond donors (Lipinski definition) is 1. The van der Waals surface area contributed by atoms with Crippen molar-refractivity contribution in [1.82, 2.24) is 24.7 Å². The quantitative estimate of drug-likeness (QED) is 0.254. The molecule has 0 unspecified atom stereocenters. The Kier molecular flexibility index (Phi) is 9.59. The monoisotopic (exact) mass is 573 g/mol. The summed E-state index contributed by atoms with van der Waals surface area (Å²) in [6.45, 7) is 6.20. The van der Waals surface area contributed by atoms with Gasteiger partial charge in [0.15, 0.2) is 0 Å². The topological polar surface area (TPSA) is 70.5 Å².